The number of benzene rings is 3. The van der Waals surface area contributed by atoms with Crippen LogP contribution in [0.4, 0.5) is 11.4 Å². The van der Waals surface area contributed by atoms with Gasteiger partial charge in [0.05, 0.1) is 50.6 Å². The summed E-state index contributed by atoms with van der Waals surface area (Å²) in [7, 11) is 9.50. The van der Waals surface area contributed by atoms with Crippen LogP contribution in [0.3, 0.4) is 0 Å². The van der Waals surface area contributed by atoms with Gasteiger partial charge in [0, 0.05) is 31.5 Å². The van der Waals surface area contributed by atoms with E-state index in [-0.39, 0.29) is 32.7 Å². The molecule has 11 heteroatoms. The van der Waals surface area contributed by atoms with E-state index in [4.69, 9.17) is 42.1 Å². The Kier molecular flexibility index (Phi) is 8.37. The van der Waals surface area contributed by atoms with E-state index in [2.05, 4.69) is 0 Å². The maximum absolute atomic E-state index is 13.6. The Balaban J connectivity index is 2.01. The van der Waals surface area contributed by atoms with Gasteiger partial charge in [0.15, 0.2) is 23.0 Å². The number of Topliss-reactive ketones (excluding diaryl/α,β-unsaturated/α-hetero) is 1. The topological polar surface area (TPSA) is 97.8 Å². The first-order chi connectivity index (χ1) is 19.1. The Bertz CT molecular complexity index is 1500. The molecule has 40 heavy (non-hydrogen) atoms. The summed E-state index contributed by atoms with van der Waals surface area (Å²) in [6.45, 7) is 0. The number of nitrogens with zero attached hydrogens (tertiary/aromatic N) is 2. The Morgan fingerprint density at radius 2 is 1.48 bits per heavy atom. The molecular weight excluding hydrogens is 559 g/mol. The number of carbonyl (C=O) groups excluding carboxylic acids is 2. The molecule has 1 aliphatic heterocycles. The molecule has 1 amide bonds. The third-order valence-corrected chi connectivity index (χ3v) is 7.23. The van der Waals surface area contributed by atoms with E-state index in [1.54, 1.807) is 30.3 Å². The van der Waals surface area contributed by atoms with E-state index in [1.165, 1.54) is 39.4 Å². The zero-order valence-corrected chi connectivity index (χ0v) is 24.3. The van der Waals surface area contributed by atoms with Crippen LogP contribution < -0.4 is 28.7 Å². The van der Waals surface area contributed by atoms with Crippen LogP contribution in [0.1, 0.15) is 17.2 Å². The van der Waals surface area contributed by atoms with Crippen molar-refractivity contribution in [3.05, 3.63) is 75.3 Å². The van der Waals surface area contributed by atoms with Crippen molar-refractivity contribution >= 4 is 52.0 Å². The summed E-state index contributed by atoms with van der Waals surface area (Å²) in [5.41, 5.74) is 1.69. The molecule has 1 unspecified atom stereocenters. The maximum atomic E-state index is 13.6. The summed E-state index contributed by atoms with van der Waals surface area (Å²) in [5, 5.41) is 11.7. The standard InChI is InChI=1S/C29H28Cl2N2O7/c1-32(2)16-9-7-15(8-10-16)24-22(25(34)18-14-19(30)28(40-6)23(31)27(18)39-5)26(35)29(36)33(24)17-11-12-20(37-3)21(13-17)38-4/h7-14,24,34H,1-6H3/b25-22+. The monoisotopic (exact) mass is 586 g/mol. The molecule has 1 aliphatic rings. The summed E-state index contributed by atoms with van der Waals surface area (Å²) in [4.78, 5) is 30.5. The highest BCUT2D eigenvalue weighted by Gasteiger charge is 2.47. The molecule has 0 bridgehead atoms. The van der Waals surface area contributed by atoms with Gasteiger partial charge in [-0.3, -0.25) is 14.5 Å². The van der Waals surface area contributed by atoms with Crippen molar-refractivity contribution in [1.29, 1.82) is 0 Å². The normalized spacial score (nSPS) is 16.2. The highest BCUT2D eigenvalue weighted by molar-refractivity contribution is 6.52. The number of anilines is 2. The largest absolute Gasteiger partial charge is 0.507 e. The summed E-state index contributed by atoms with van der Waals surface area (Å²) >= 11 is 12.8. The minimum Gasteiger partial charge on any atom is -0.507 e. The number of aliphatic hydroxyl groups is 1. The molecule has 0 radical (unpaired) electrons. The molecule has 4 rings (SSSR count). The van der Waals surface area contributed by atoms with Crippen molar-refractivity contribution in [3.63, 3.8) is 0 Å². The molecule has 3 aromatic carbocycles. The van der Waals surface area contributed by atoms with Gasteiger partial charge in [-0.1, -0.05) is 35.3 Å². The number of carbonyl (C=O) groups is 2. The van der Waals surface area contributed by atoms with Crippen molar-refractivity contribution in [1.82, 2.24) is 0 Å². The average molecular weight is 587 g/mol. The first-order valence-corrected chi connectivity index (χ1v) is 12.8. The zero-order chi connectivity index (χ0) is 29.3. The summed E-state index contributed by atoms with van der Waals surface area (Å²) < 4.78 is 21.5. The average Bonchev–Trinajstić information content (AvgIpc) is 3.22. The molecule has 3 aromatic rings. The molecule has 1 atom stereocenters. The molecule has 0 aliphatic carbocycles. The summed E-state index contributed by atoms with van der Waals surface area (Å²) in [5.74, 6) is -1.29. The number of rotatable bonds is 8. The third kappa shape index (κ3) is 4.87. The smallest absolute Gasteiger partial charge is 0.300 e. The van der Waals surface area contributed by atoms with Crippen molar-refractivity contribution < 1.29 is 33.6 Å². The number of methoxy groups -OCH3 is 4. The predicted octanol–water partition coefficient (Wildman–Crippen LogP) is 5.72. The lowest BCUT2D eigenvalue weighted by atomic mass is 9.94. The van der Waals surface area contributed by atoms with Crippen molar-refractivity contribution in [2.75, 3.05) is 52.3 Å². The van der Waals surface area contributed by atoms with Crippen LogP contribution in [0.5, 0.6) is 23.0 Å². The molecule has 1 heterocycles. The fraction of sp³-hybridized carbons (Fsp3) is 0.241. The van der Waals surface area contributed by atoms with E-state index in [0.29, 0.717) is 22.7 Å². The Hall–Kier alpha value is -4.08. The number of aliphatic hydroxyl groups excluding tert-OH is 1. The molecule has 1 N–H and O–H groups in total. The molecule has 210 valence electrons. The van der Waals surface area contributed by atoms with Gasteiger partial charge >= 0.3 is 0 Å². The Labute approximate surface area is 242 Å². The van der Waals surface area contributed by atoms with Crippen LogP contribution >= 0.6 is 23.2 Å². The Morgan fingerprint density at radius 1 is 0.850 bits per heavy atom. The van der Waals surface area contributed by atoms with Gasteiger partial charge in [-0.05, 0) is 35.9 Å². The molecule has 1 fully saturated rings. The van der Waals surface area contributed by atoms with Gasteiger partial charge in [-0.15, -0.1) is 0 Å². The van der Waals surface area contributed by atoms with E-state index in [9.17, 15) is 14.7 Å². The quantitative estimate of drug-likeness (QED) is 0.203. The van der Waals surface area contributed by atoms with Gasteiger partial charge in [0.1, 0.15) is 10.8 Å². The van der Waals surface area contributed by atoms with Crippen molar-refractivity contribution in [2.45, 2.75) is 6.04 Å². The number of ketones is 1. The molecular formula is C29H28Cl2N2O7. The first-order valence-electron chi connectivity index (χ1n) is 12.0. The van der Waals surface area contributed by atoms with Gasteiger partial charge in [0.2, 0.25) is 0 Å². The molecule has 0 spiro atoms. The fourth-order valence-electron chi connectivity index (χ4n) is 4.64. The lowest BCUT2D eigenvalue weighted by molar-refractivity contribution is -0.132. The second-order valence-corrected chi connectivity index (χ2v) is 9.77. The number of halogens is 2. The van der Waals surface area contributed by atoms with Crippen LogP contribution in [-0.4, -0.2) is 59.3 Å². The number of ether oxygens (including phenoxy) is 4. The van der Waals surface area contributed by atoms with Crippen LogP contribution in [-0.2, 0) is 9.59 Å². The maximum Gasteiger partial charge on any atom is 0.300 e. The minimum atomic E-state index is -1.02. The lowest BCUT2D eigenvalue weighted by Crippen LogP contribution is -2.29. The van der Waals surface area contributed by atoms with Crippen LogP contribution in [0.25, 0.3) is 5.76 Å². The van der Waals surface area contributed by atoms with Gasteiger partial charge in [0.25, 0.3) is 11.7 Å². The van der Waals surface area contributed by atoms with E-state index < -0.39 is 23.5 Å². The SMILES string of the molecule is COc1ccc(N2C(=O)C(=O)/C(=C(/O)c3cc(Cl)c(OC)c(Cl)c3OC)C2c2ccc(N(C)C)cc2)cc1OC. The lowest BCUT2D eigenvalue weighted by Gasteiger charge is -2.27. The number of amides is 1. The first kappa shape index (κ1) is 28.9. The molecule has 0 saturated carbocycles. The second-order valence-electron chi connectivity index (χ2n) is 8.98. The van der Waals surface area contributed by atoms with Gasteiger partial charge in [-0.2, -0.15) is 0 Å². The molecule has 1 saturated heterocycles. The molecule has 9 nitrogen and oxygen atoms in total. The molecule has 0 aromatic heterocycles. The third-order valence-electron chi connectivity index (χ3n) is 6.61. The van der Waals surface area contributed by atoms with Crippen molar-refractivity contribution in [3.8, 4) is 23.0 Å². The van der Waals surface area contributed by atoms with Crippen molar-refractivity contribution in [2.24, 2.45) is 0 Å². The Morgan fingerprint density at radius 3 is 2.02 bits per heavy atom. The van der Waals surface area contributed by atoms with E-state index >= 15 is 0 Å². The van der Waals surface area contributed by atoms with E-state index in [0.717, 1.165) is 5.69 Å². The second kappa shape index (κ2) is 11.6. The summed E-state index contributed by atoms with van der Waals surface area (Å²) in [6, 6.07) is 12.5. The van der Waals surface area contributed by atoms with Gasteiger partial charge < -0.3 is 29.0 Å². The van der Waals surface area contributed by atoms with E-state index in [1.807, 2.05) is 31.1 Å². The number of hydrogen-bond donors (Lipinski definition) is 1. The summed E-state index contributed by atoms with van der Waals surface area (Å²) in [6.07, 6.45) is 0. The highest BCUT2D eigenvalue weighted by Crippen LogP contribution is 2.48. The van der Waals surface area contributed by atoms with Crippen LogP contribution in [0.2, 0.25) is 10.0 Å². The predicted molar refractivity (Wildman–Crippen MR) is 155 cm³/mol. The van der Waals surface area contributed by atoms with Gasteiger partial charge in [-0.25, -0.2) is 0 Å². The minimum absolute atomic E-state index is 0.0000512. The van der Waals surface area contributed by atoms with Crippen LogP contribution in [0.15, 0.2) is 54.1 Å². The zero-order valence-electron chi connectivity index (χ0n) is 22.7. The fourth-order valence-corrected chi connectivity index (χ4v) is 5.32. The van der Waals surface area contributed by atoms with Crippen LogP contribution in [0, 0.1) is 0 Å². The highest BCUT2D eigenvalue weighted by atomic mass is 35.5. The number of hydrogen-bond acceptors (Lipinski definition) is 8.